The van der Waals surface area contributed by atoms with Crippen LogP contribution >= 0.6 is 0 Å². The van der Waals surface area contributed by atoms with Crippen LogP contribution in [0.4, 0.5) is 11.4 Å². The molecule has 4 heteroatoms. The molecule has 0 spiro atoms. The number of aryl methyl sites for hydroxylation is 1. The molecule has 0 bridgehead atoms. The first-order chi connectivity index (χ1) is 20.5. The Hall–Kier alpha value is -1.71. The fourth-order valence-electron chi connectivity index (χ4n) is 11.2. The lowest BCUT2D eigenvalue weighted by atomic mass is 9.44. The second kappa shape index (κ2) is 13.7. The Morgan fingerprint density at radius 2 is 1.65 bits per heavy atom. The topological polar surface area (TPSA) is 78.3 Å². The number of carbonyl (C=O) groups is 1. The summed E-state index contributed by atoms with van der Waals surface area (Å²) in [5.41, 5.74) is 15.5. The molecule has 0 amide bonds. The molecule has 0 heterocycles. The molecule has 9 atom stereocenters. The van der Waals surface area contributed by atoms with Gasteiger partial charge < -0.3 is 16.2 Å². The summed E-state index contributed by atoms with van der Waals surface area (Å²) in [5, 5.41) is 0. The van der Waals surface area contributed by atoms with Crippen LogP contribution in [-0.2, 0) is 16.0 Å². The predicted octanol–water partition coefficient (Wildman–Crippen LogP) is 9.99. The van der Waals surface area contributed by atoms with Crippen molar-refractivity contribution in [3.63, 3.8) is 0 Å². The average molecular weight is 593 g/mol. The van der Waals surface area contributed by atoms with Crippen LogP contribution in [0, 0.1) is 52.3 Å². The van der Waals surface area contributed by atoms with E-state index < -0.39 is 0 Å². The lowest BCUT2D eigenvalue weighted by molar-refractivity contribution is -0.162. The Bertz CT molecular complexity index is 1080. The molecule has 4 aliphatic carbocycles. The number of esters is 1. The Balaban J connectivity index is 1.07. The van der Waals surface area contributed by atoms with Crippen LogP contribution in [-0.4, -0.2) is 12.1 Å². The molecule has 9 unspecified atom stereocenters. The minimum atomic E-state index is 0.0160. The molecule has 0 aromatic heterocycles. The molecule has 4 aliphatic rings. The van der Waals surface area contributed by atoms with E-state index in [1.807, 2.05) is 18.2 Å². The van der Waals surface area contributed by atoms with Crippen molar-refractivity contribution < 1.29 is 9.53 Å². The summed E-state index contributed by atoms with van der Waals surface area (Å²) in [6.07, 6.45) is 20.8. The number of unbranched alkanes of at least 4 members (excludes halogenated alkanes) is 2. The van der Waals surface area contributed by atoms with Crippen molar-refractivity contribution in [2.24, 2.45) is 52.3 Å². The summed E-state index contributed by atoms with van der Waals surface area (Å²) in [5.74, 6) is 6.13. The molecule has 0 aliphatic heterocycles. The van der Waals surface area contributed by atoms with Crippen molar-refractivity contribution in [2.75, 3.05) is 11.5 Å². The van der Waals surface area contributed by atoms with Gasteiger partial charge in [-0.25, -0.2) is 0 Å². The average Bonchev–Trinajstić information content (AvgIpc) is 3.31. The zero-order chi connectivity index (χ0) is 30.8. The van der Waals surface area contributed by atoms with E-state index in [-0.39, 0.29) is 12.1 Å². The molecule has 0 saturated heterocycles. The molecule has 5 rings (SSSR count). The third kappa shape index (κ3) is 7.09. The maximum Gasteiger partial charge on any atom is 0.306 e. The van der Waals surface area contributed by atoms with Gasteiger partial charge in [0.1, 0.15) is 6.10 Å². The van der Waals surface area contributed by atoms with Crippen LogP contribution < -0.4 is 11.5 Å². The van der Waals surface area contributed by atoms with Crippen LogP contribution in [0.25, 0.3) is 0 Å². The summed E-state index contributed by atoms with van der Waals surface area (Å²) in [6.45, 7) is 12.7. The van der Waals surface area contributed by atoms with Crippen molar-refractivity contribution in [2.45, 2.75) is 150 Å². The van der Waals surface area contributed by atoms with Gasteiger partial charge in [-0.15, -0.1) is 0 Å². The molecule has 43 heavy (non-hydrogen) atoms. The van der Waals surface area contributed by atoms with E-state index >= 15 is 0 Å². The van der Waals surface area contributed by atoms with E-state index in [0.717, 1.165) is 91.2 Å². The van der Waals surface area contributed by atoms with Gasteiger partial charge in [-0.1, -0.05) is 66.4 Å². The van der Waals surface area contributed by atoms with Crippen LogP contribution in [0.2, 0.25) is 0 Å². The number of rotatable bonds is 12. The van der Waals surface area contributed by atoms with Gasteiger partial charge in [0, 0.05) is 17.8 Å². The molecule has 1 aromatic carbocycles. The zero-order valence-corrected chi connectivity index (χ0v) is 28.3. The standard InChI is InChI=1S/C39H64N2O2/c1-26(2)10-9-11-27(3)33-18-19-34-32-17-15-29-24-31(20-22-38(29,4)35(32)21-23-39(33,34)5)43-37(42)13-8-6-7-12-28-14-16-30(40)25-36(28)41/h14,16,25-27,29,31-35H,6-13,15,17-24,40-41H2,1-5H3. The van der Waals surface area contributed by atoms with Crippen LogP contribution in [0.3, 0.4) is 0 Å². The minimum absolute atomic E-state index is 0.0160. The summed E-state index contributed by atoms with van der Waals surface area (Å²) in [6, 6.07) is 5.77. The highest BCUT2D eigenvalue weighted by Crippen LogP contribution is 2.68. The molecule has 4 N–H and O–H groups in total. The Morgan fingerprint density at radius 3 is 2.42 bits per heavy atom. The fourth-order valence-corrected chi connectivity index (χ4v) is 11.2. The van der Waals surface area contributed by atoms with Gasteiger partial charge in [-0.2, -0.15) is 0 Å². The first kappa shape index (κ1) is 32.7. The summed E-state index contributed by atoms with van der Waals surface area (Å²) < 4.78 is 6.12. The number of carbonyl (C=O) groups excluding carboxylic acids is 1. The Labute approximate surface area is 263 Å². The normalized spacial score (nSPS) is 36.0. The van der Waals surface area contributed by atoms with Crippen molar-refractivity contribution in [1.29, 1.82) is 0 Å². The van der Waals surface area contributed by atoms with E-state index in [1.54, 1.807) is 0 Å². The first-order valence-electron chi connectivity index (χ1n) is 18.3. The smallest absolute Gasteiger partial charge is 0.306 e. The number of nitrogen functional groups attached to an aromatic ring is 2. The van der Waals surface area contributed by atoms with E-state index in [4.69, 9.17) is 16.2 Å². The number of fused-ring (bicyclic) bond motifs is 5. The number of ether oxygens (including phenoxy) is 1. The third-order valence-corrected chi connectivity index (χ3v) is 13.6. The van der Waals surface area contributed by atoms with E-state index in [0.29, 0.717) is 22.9 Å². The van der Waals surface area contributed by atoms with Gasteiger partial charge in [-0.3, -0.25) is 4.79 Å². The number of benzene rings is 1. The number of anilines is 2. The summed E-state index contributed by atoms with van der Waals surface area (Å²) in [7, 11) is 0. The van der Waals surface area contributed by atoms with Crippen molar-refractivity contribution >= 4 is 17.3 Å². The van der Waals surface area contributed by atoms with Gasteiger partial charge in [0.25, 0.3) is 0 Å². The van der Waals surface area contributed by atoms with Gasteiger partial charge in [0.15, 0.2) is 0 Å². The summed E-state index contributed by atoms with van der Waals surface area (Å²) >= 11 is 0. The molecule has 4 saturated carbocycles. The fraction of sp³-hybridized carbons (Fsp3) is 0.821. The zero-order valence-electron chi connectivity index (χ0n) is 28.3. The molecule has 0 radical (unpaired) electrons. The highest BCUT2D eigenvalue weighted by atomic mass is 16.5. The first-order valence-corrected chi connectivity index (χ1v) is 18.3. The maximum absolute atomic E-state index is 12.8. The second-order valence-electron chi connectivity index (χ2n) is 16.6. The molecular formula is C39H64N2O2. The van der Waals surface area contributed by atoms with Crippen molar-refractivity contribution in [1.82, 2.24) is 0 Å². The maximum atomic E-state index is 12.8. The molecule has 242 valence electrons. The Kier molecular flexibility index (Phi) is 10.4. The van der Waals surface area contributed by atoms with Crippen molar-refractivity contribution in [3.05, 3.63) is 23.8 Å². The third-order valence-electron chi connectivity index (χ3n) is 13.6. The molecular weight excluding hydrogens is 528 g/mol. The van der Waals surface area contributed by atoms with Gasteiger partial charge in [0.05, 0.1) is 0 Å². The molecule has 4 fully saturated rings. The van der Waals surface area contributed by atoms with E-state index in [1.165, 1.54) is 64.2 Å². The lowest BCUT2D eigenvalue weighted by Gasteiger charge is -2.61. The van der Waals surface area contributed by atoms with E-state index in [9.17, 15) is 4.79 Å². The van der Waals surface area contributed by atoms with Gasteiger partial charge in [0.2, 0.25) is 0 Å². The number of nitrogens with two attached hydrogens (primary N) is 2. The predicted molar refractivity (Wildman–Crippen MR) is 180 cm³/mol. The van der Waals surface area contributed by atoms with E-state index in [2.05, 4.69) is 34.6 Å². The molecule has 4 nitrogen and oxygen atoms in total. The highest BCUT2D eigenvalue weighted by Gasteiger charge is 2.60. The number of hydrogen-bond acceptors (Lipinski definition) is 4. The van der Waals surface area contributed by atoms with Crippen molar-refractivity contribution in [3.8, 4) is 0 Å². The SMILES string of the molecule is CC(C)CCCC(C)C1CCC2C3CCC4CC(OC(=O)CCCCCc5ccc(N)cc5N)CCC4(C)C3CCC12C. The largest absolute Gasteiger partial charge is 0.462 e. The highest BCUT2D eigenvalue weighted by molar-refractivity contribution is 5.69. The van der Waals surface area contributed by atoms with Crippen LogP contribution in [0.1, 0.15) is 143 Å². The van der Waals surface area contributed by atoms with Crippen LogP contribution in [0.15, 0.2) is 18.2 Å². The summed E-state index contributed by atoms with van der Waals surface area (Å²) in [4.78, 5) is 12.8. The monoisotopic (exact) mass is 592 g/mol. The Morgan fingerprint density at radius 1 is 0.884 bits per heavy atom. The quantitative estimate of drug-likeness (QED) is 0.144. The number of hydrogen-bond donors (Lipinski definition) is 2. The minimum Gasteiger partial charge on any atom is -0.462 e. The van der Waals surface area contributed by atoms with Crippen LogP contribution in [0.5, 0.6) is 0 Å². The van der Waals surface area contributed by atoms with Gasteiger partial charge in [-0.05, 0) is 147 Å². The molecule has 1 aromatic rings. The second-order valence-corrected chi connectivity index (χ2v) is 16.6. The van der Waals surface area contributed by atoms with Gasteiger partial charge >= 0.3 is 5.97 Å². The lowest BCUT2D eigenvalue weighted by Crippen LogP contribution is -2.54.